The van der Waals surface area contributed by atoms with Crippen LogP contribution in [0.25, 0.3) is 0 Å². The fraction of sp³-hybridized carbons (Fsp3) is 0.440. The second-order valence-electron chi connectivity index (χ2n) is 8.48. The van der Waals surface area contributed by atoms with Crippen molar-refractivity contribution in [1.82, 2.24) is 9.80 Å². The van der Waals surface area contributed by atoms with Crippen molar-refractivity contribution >= 4 is 47.0 Å². The molecule has 0 aromatic heterocycles. The second-order valence-corrected chi connectivity index (χ2v) is 9.30. The van der Waals surface area contributed by atoms with Crippen molar-refractivity contribution in [3.63, 3.8) is 0 Å². The van der Waals surface area contributed by atoms with Gasteiger partial charge in [-0.2, -0.15) is 0 Å². The minimum Gasteiger partial charge on any atom is -0.478 e. The van der Waals surface area contributed by atoms with Crippen LogP contribution >= 0.6 is 23.2 Å². The number of amides is 1. The maximum atomic E-state index is 13.0. The van der Waals surface area contributed by atoms with Gasteiger partial charge in [-0.1, -0.05) is 29.3 Å². The Morgan fingerprint density at radius 2 is 1.75 bits per heavy atom. The molecule has 1 aromatic carbocycles. The van der Waals surface area contributed by atoms with Gasteiger partial charge in [0.25, 0.3) is 0 Å². The predicted octanol–water partition coefficient (Wildman–Crippen LogP) is 3.43. The molecule has 1 aromatic rings. The van der Waals surface area contributed by atoms with Gasteiger partial charge >= 0.3 is 17.9 Å². The van der Waals surface area contributed by atoms with E-state index in [0.29, 0.717) is 28.6 Å². The van der Waals surface area contributed by atoms with Gasteiger partial charge in [0.15, 0.2) is 0 Å². The lowest BCUT2D eigenvalue weighted by molar-refractivity contribution is -0.135. The van der Waals surface area contributed by atoms with Gasteiger partial charge < -0.3 is 19.8 Å². The van der Waals surface area contributed by atoms with Crippen LogP contribution in [0.15, 0.2) is 42.0 Å². The number of carbonyl (C=O) groups is 4. The van der Waals surface area contributed by atoms with Gasteiger partial charge in [0.2, 0.25) is 5.91 Å². The Hall–Kier alpha value is -2.88. The van der Waals surface area contributed by atoms with E-state index in [0.717, 1.165) is 63.0 Å². The molecule has 0 spiro atoms. The summed E-state index contributed by atoms with van der Waals surface area (Å²) < 4.78 is 4.71. The molecule has 0 radical (unpaired) electrons. The van der Waals surface area contributed by atoms with Crippen LogP contribution in [0.2, 0.25) is 10.0 Å². The highest BCUT2D eigenvalue weighted by Gasteiger charge is 2.30. The molecule has 0 bridgehead atoms. The number of rotatable bonds is 7. The van der Waals surface area contributed by atoms with Gasteiger partial charge in [0.05, 0.1) is 23.6 Å². The molecule has 36 heavy (non-hydrogen) atoms. The molecule has 1 amide bonds. The van der Waals surface area contributed by atoms with E-state index in [1.807, 2.05) is 11.0 Å². The molecule has 2 aliphatic rings. The van der Waals surface area contributed by atoms with E-state index in [1.54, 1.807) is 18.2 Å². The Morgan fingerprint density at radius 1 is 1.06 bits per heavy atom. The van der Waals surface area contributed by atoms with Crippen LogP contribution in [0.1, 0.15) is 31.2 Å². The topological polar surface area (TPSA) is 124 Å². The SMILES string of the molecule is COC(=O)C=C1CCN(CC2CCCCN2C(=O)Cc2ccc(Cl)c(Cl)c2)C1.O=C(O)C=CC(=O)O. The minimum absolute atomic E-state index is 0.132. The van der Waals surface area contributed by atoms with Gasteiger partial charge in [-0.25, -0.2) is 14.4 Å². The van der Waals surface area contributed by atoms with Crippen LogP contribution in [-0.2, 0) is 30.3 Å². The van der Waals surface area contributed by atoms with Crippen molar-refractivity contribution < 1.29 is 34.1 Å². The molecule has 1 atom stereocenters. The predicted molar refractivity (Wildman–Crippen MR) is 135 cm³/mol. The third-order valence-electron chi connectivity index (χ3n) is 5.82. The summed E-state index contributed by atoms with van der Waals surface area (Å²) in [5.74, 6) is -2.68. The normalized spacial score (nSPS) is 19.1. The number of benzene rings is 1. The zero-order valence-corrected chi connectivity index (χ0v) is 21.5. The summed E-state index contributed by atoms with van der Waals surface area (Å²) in [5, 5.41) is 16.6. The Kier molecular flexibility index (Phi) is 11.9. The molecule has 2 aliphatic heterocycles. The smallest absolute Gasteiger partial charge is 0.330 e. The molecule has 1 unspecified atom stereocenters. The highest BCUT2D eigenvalue weighted by atomic mass is 35.5. The highest BCUT2D eigenvalue weighted by Crippen LogP contribution is 2.25. The second kappa shape index (κ2) is 14.6. The Balaban J connectivity index is 0.000000493. The molecule has 2 fully saturated rings. The number of carbonyl (C=O) groups excluding carboxylic acids is 2. The molecule has 0 aliphatic carbocycles. The average molecular weight is 541 g/mol. The largest absolute Gasteiger partial charge is 0.478 e. The maximum Gasteiger partial charge on any atom is 0.330 e. The van der Waals surface area contributed by atoms with Gasteiger partial charge in [-0.15, -0.1) is 0 Å². The number of ether oxygens (including phenoxy) is 1. The van der Waals surface area contributed by atoms with E-state index in [9.17, 15) is 19.2 Å². The van der Waals surface area contributed by atoms with Crippen molar-refractivity contribution in [2.75, 3.05) is 33.3 Å². The number of carboxylic acid groups (broad SMARTS) is 2. The van der Waals surface area contributed by atoms with Crippen molar-refractivity contribution in [3.8, 4) is 0 Å². The van der Waals surface area contributed by atoms with Crippen molar-refractivity contribution in [2.24, 2.45) is 0 Å². The van der Waals surface area contributed by atoms with Gasteiger partial charge in [-0.3, -0.25) is 9.69 Å². The number of methoxy groups -OCH3 is 1. The zero-order chi connectivity index (χ0) is 26.7. The van der Waals surface area contributed by atoms with E-state index in [2.05, 4.69) is 4.90 Å². The molecule has 3 rings (SSSR count). The molecule has 2 N–H and O–H groups in total. The summed E-state index contributed by atoms with van der Waals surface area (Å²) >= 11 is 12.1. The van der Waals surface area contributed by atoms with Crippen LogP contribution in [0, 0.1) is 0 Å². The van der Waals surface area contributed by atoms with Crippen molar-refractivity contribution in [2.45, 2.75) is 38.1 Å². The van der Waals surface area contributed by atoms with E-state index in [4.69, 9.17) is 38.2 Å². The summed E-state index contributed by atoms with van der Waals surface area (Å²) in [5.41, 5.74) is 1.98. The molecule has 2 saturated heterocycles. The Morgan fingerprint density at radius 3 is 2.36 bits per heavy atom. The number of piperidine rings is 1. The first-order valence-corrected chi connectivity index (χ1v) is 12.2. The van der Waals surface area contributed by atoms with E-state index < -0.39 is 11.9 Å². The van der Waals surface area contributed by atoms with Crippen LogP contribution in [0.4, 0.5) is 0 Å². The summed E-state index contributed by atoms with van der Waals surface area (Å²) in [4.78, 5) is 47.8. The fourth-order valence-electron chi connectivity index (χ4n) is 4.13. The number of nitrogens with zero attached hydrogens (tertiary/aromatic N) is 2. The van der Waals surface area contributed by atoms with Crippen molar-refractivity contribution in [1.29, 1.82) is 0 Å². The first kappa shape index (κ1) is 29.4. The Labute approximate surface area is 219 Å². The first-order valence-electron chi connectivity index (χ1n) is 11.5. The average Bonchev–Trinajstić information content (AvgIpc) is 3.27. The summed E-state index contributed by atoms with van der Waals surface area (Å²) in [6, 6.07) is 5.57. The highest BCUT2D eigenvalue weighted by molar-refractivity contribution is 6.42. The van der Waals surface area contributed by atoms with Crippen LogP contribution in [0.3, 0.4) is 0 Å². The monoisotopic (exact) mass is 540 g/mol. The number of halogens is 2. The fourth-order valence-corrected chi connectivity index (χ4v) is 4.45. The van der Waals surface area contributed by atoms with Crippen LogP contribution < -0.4 is 0 Å². The zero-order valence-electron chi connectivity index (χ0n) is 20.0. The summed E-state index contributed by atoms with van der Waals surface area (Å²) in [6.07, 6.45) is 7.11. The van der Waals surface area contributed by atoms with Gasteiger partial charge in [-0.05, 0) is 49.0 Å². The standard InChI is InChI=1S/C21H26Cl2N2O3.C4H4O4/c1-28-21(27)12-16-7-9-24(13-16)14-17-4-2-3-8-25(17)20(26)11-15-5-6-18(22)19(23)10-15;5-3(6)1-2-4(7)8/h5-6,10,12,17H,2-4,7-9,11,13-14H2,1H3;1-2H,(H,5,6)(H,7,8). The number of hydrogen-bond acceptors (Lipinski definition) is 6. The van der Waals surface area contributed by atoms with E-state index in [1.165, 1.54) is 7.11 Å². The van der Waals surface area contributed by atoms with Crippen LogP contribution in [0.5, 0.6) is 0 Å². The van der Waals surface area contributed by atoms with Crippen molar-refractivity contribution in [3.05, 3.63) is 57.6 Å². The Bertz CT molecular complexity index is 1010. The lowest BCUT2D eigenvalue weighted by atomic mass is 10.00. The summed E-state index contributed by atoms with van der Waals surface area (Å²) in [7, 11) is 1.39. The number of esters is 1. The third-order valence-corrected chi connectivity index (χ3v) is 6.56. The molecular formula is C25H30Cl2N2O7. The van der Waals surface area contributed by atoms with Gasteiger partial charge in [0, 0.05) is 50.4 Å². The number of aliphatic carboxylic acids is 2. The van der Waals surface area contributed by atoms with Crippen LogP contribution in [-0.4, -0.2) is 83.2 Å². The third kappa shape index (κ3) is 10.0. The lowest BCUT2D eigenvalue weighted by Crippen LogP contribution is -2.49. The quantitative estimate of drug-likeness (QED) is 0.398. The maximum absolute atomic E-state index is 13.0. The van der Waals surface area contributed by atoms with Gasteiger partial charge in [0.1, 0.15) is 0 Å². The first-order chi connectivity index (χ1) is 17.1. The minimum atomic E-state index is -1.26. The molecule has 2 heterocycles. The molecule has 0 saturated carbocycles. The number of likely N-dealkylation sites (tertiary alicyclic amines) is 2. The van der Waals surface area contributed by atoms with E-state index >= 15 is 0 Å². The summed E-state index contributed by atoms with van der Waals surface area (Å²) in [6.45, 7) is 3.31. The molecule has 9 nitrogen and oxygen atoms in total. The molecule has 196 valence electrons. The number of carboxylic acids is 2. The van der Waals surface area contributed by atoms with E-state index in [-0.39, 0.29) is 17.9 Å². The molecular weight excluding hydrogens is 511 g/mol. The molecule has 11 heteroatoms. The number of hydrogen-bond donors (Lipinski definition) is 2. The lowest BCUT2D eigenvalue weighted by Gasteiger charge is -2.38.